The van der Waals surface area contributed by atoms with Crippen LogP contribution in [0.15, 0.2) is 18.2 Å². The number of rotatable bonds is 5. The van der Waals surface area contributed by atoms with Crippen LogP contribution < -0.4 is 10.6 Å². The van der Waals surface area contributed by atoms with Gasteiger partial charge in [0, 0.05) is 24.7 Å². The molecule has 6 nitrogen and oxygen atoms in total. The van der Waals surface area contributed by atoms with E-state index in [-0.39, 0.29) is 18.1 Å². The van der Waals surface area contributed by atoms with Gasteiger partial charge >= 0.3 is 0 Å². The van der Waals surface area contributed by atoms with Gasteiger partial charge in [0.1, 0.15) is 11.9 Å². The maximum Gasteiger partial charge on any atom is 0.249 e. The fourth-order valence-corrected chi connectivity index (χ4v) is 4.10. The number of aryl methyl sites for hydroxylation is 2. The zero-order chi connectivity index (χ0) is 17.2. The first-order valence-corrected chi connectivity index (χ1v) is 9.54. The van der Waals surface area contributed by atoms with Crippen LogP contribution in [0.3, 0.4) is 0 Å². The summed E-state index contributed by atoms with van der Waals surface area (Å²) in [4.78, 5) is 16.6. The van der Waals surface area contributed by atoms with Gasteiger partial charge in [-0.05, 0) is 49.3 Å². The van der Waals surface area contributed by atoms with E-state index in [1.807, 2.05) is 6.92 Å². The van der Waals surface area contributed by atoms with Gasteiger partial charge in [-0.25, -0.2) is 4.98 Å². The van der Waals surface area contributed by atoms with Crippen LogP contribution >= 0.6 is 11.5 Å². The molecule has 1 amide bonds. The molecule has 25 heavy (non-hydrogen) atoms. The molecule has 2 aliphatic rings. The van der Waals surface area contributed by atoms with E-state index < -0.39 is 0 Å². The van der Waals surface area contributed by atoms with E-state index in [0.29, 0.717) is 6.61 Å². The van der Waals surface area contributed by atoms with Gasteiger partial charge in [-0.1, -0.05) is 18.2 Å². The summed E-state index contributed by atoms with van der Waals surface area (Å²) in [6.07, 6.45) is 3.51. The number of hydrogen-bond donors (Lipinski definition) is 2. The van der Waals surface area contributed by atoms with E-state index in [2.05, 4.69) is 38.2 Å². The molecule has 1 aliphatic carbocycles. The topological polar surface area (TPSA) is 76.1 Å². The van der Waals surface area contributed by atoms with Gasteiger partial charge in [-0.3, -0.25) is 4.79 Å². The lowest BCUT2D eigenvalue weighted by Crippen LogP contribution is -2.36. The predicted octanol–water partition coefficient (Wildman–Crippen LogP) is 2.74. The molecule has 1 fully saturated rings. The molecule has 0 bridgehead atoms. The molecule has 0 radical (unpaired) electrons. The largest absolute Gasteiger partial charge is 0.368 e. The quantitative estimate of drug-likeness (QED) is 0.859. The Morgan fingerprint density at radius 3 is 3.08 bits per heavy atom. The highest BCUT2D eigenvalue weighted by Crippen LogP contribution is 2.32. The number of carbonyl (C=O) groups is 1. The summed E-state index contributed by atoms with van der Waals surface area (Å²) in [5, 5.41) is 7.32. The fraction of sp³-hybridized carbons (Fsp3) is 0.500. The SMILES string of the molecule is Cc1nsc(NCc2ccc3c(c2)CCC3NC(=O)[C@H]2CCCO2)n1. The molecule has 1 aliphatic heterocycles. The van der Waals surface area contributed by atoms with Crippen LogP contribution in [0.25, 0.3) is 0 Å². The zero-order valence-electron chi connectivity index (χ0n) is 14.2. The van der Waals surface area contributed by atoms with E-state index in [1.165, 1.54) is 28.2 Å². The molecule has 1 unspecified atom stereocenters. The van der Waals surface area contributed by atoms with E-state index in [0.717, 1.165) is 43.2 Å². The zero-order valence-corrected chi connectivity index (χ0v) is 15.1. The van der Waals surface area contributed by atoms with E-state index in [9.17, 15) is 4.79 Å². The number of carbonyl (C=O) groups excluding carboxylic acids is 1. The van der Waals surface area contributed by atoms with Crippen molar-refractivity contribution in [2.45, 2.75) is 51.3 Å². The van der Waals surface area contributed by atoms with Crippen molar-refractivity contribution in [3.8, 4) is 0 Å². The third-order valence-corrected chi connectivity index (χ3v) is 5.56. The molecular weight excluding hydrogens is 336 g/mol. The standard InChI is InChI=1S/C18H22N4O2S/c1-11-20-18(25-22-11)19-10-12-4-6-14-13(9-12)5-7-15(14)21-17(23)16-3-2-8-24-16/h4,6,9,15-16H,2-3,5,7-8,10H2,1H3,(H,21,23)(H,19,20,22)/t15?,16-/m1/s1. The second-order valence-electron chi connectivity index (χ2n) is 6.63. The number of nitrogens with zero attached hydrogens (tertiary/aromatic N) is 2. The minimum absolute atomic E-state index is 0.0349. The summed E-state index contributed by atoms with van der Waals surface area (Å²) in [6.45, 7) is 3.32. The highest BCUT2D eigenvalue weighted by Gasteiger charge is 2.29. The van der Waals surface area contributed by atoms with Crippen molar-refractivity contribution in [3.63, 3.8) is 0 Å². The third-order valence-electron chi connectivity index (χ3n) is 4.80. The van der Waals surface area contributed by atoms with Gasteiger partial charge in [-0.2, -0.15) is 4.37 Å². The molecular formula is C18H22N4O2S. The Morgan fingerprint density at radius 1 is 1.40 bits per heavy atom. The molecule has 2 atom stereocenters. The van der Waals surface area contributed by atoms with Crippen LogP contribution in [-0.4, -0.2) is 28.0 Å². The number of hydrogen-bond acceptors (Lipinski definition) is 6. The second-order valence-corrected chi connectivity index (χ2v) is 7.39. The summed E-state index contributed by atoms with van der Waals surface area (Å²) in [6, 6.07) is 6.61. The minimum Gasteiger partial charge on any atom is -0.368 e. The Kier molecular flexibility index (Phi) is 4.67. The van der Waals surface area contributed by atoms with Gasteiger partial charge in [-0.15, -0.1) is 0 Å². The molecule has 4 rings (SSSR count). The summed E-state index contributed by atoms with van der Waals surface area (Å²) >= 11 is 1.38. The second kappa shape index (κ2) is 7.09. The number of anilines is 1. The number of benzene rings is 1. The first kappa shape index (κ1) is 16.5. The van der Waals surface area contributed by atoms with Gasteiger partial charge in [0.2, 0.25) is 11.0 Å². The first-order chi connectivity index (χ1) is 12.2. The van der Waals surface area contributed by atoms with Gasteiger partial charge in [0.15, 0.2) is 0 Å². The van der Waals surface area contributed by atoms with E-state index in [1.54, 1.807) is 0 Å². The maximum absolute atomic E-state index is 12.3. The summed E-state index contributed by atoms with van der Waals surface area (Å²) < 4.78 is 9.65. The van der Waals surface area contributed by atoms with Crippen molar-refractivity contribution in [2.24, 2.45) is 0 Å². The van der Waals surface area contributed by atoms with Crippen LogP contribution in [0, 0.1) is 6.92 Å². The molecule has 1 aromatic heterocycles. The smallest absolute Gasteiger partial charge is 0.249 e. The number of ether oxygens (including phenoxy) is 1. The summed E-state index contributed by atoms with van der Waals surface area (Å²) in [7, 11) is 0. The Balaban J connectivity index is 1.38. The van der Waals surface area contributed by atoms with Crippen molar-refractivity contribution in [3.05, 3.63) is 40.7 Å². The Morgan fingerprint density at radius 2 is 2.32 bits per heavy atom. The highest BCUT2D eigenvalue weighted by molar-refractivity contribution is 7.09. The van der Waals surface area contributed by atoms with Crippen molar-refractivity contribution in [1.82, 2.24) is 14.7 Å². The normalized spacial score (nSPS) is 22.0. The lowest BCUT2D eigenvalue weighted by molar-refractivity contribution is -0.130. The number of amides is 1. The molecule has 2 heterocycles. The molecule has 2 aromatic rings. The molecule has 1 saturated heterocycles. The minimum atomic E-state index is -0.261. The lowest BCUT2D eigenvalue weighted by atomic mass is 10.0. The fourth-order valence-electron chi connectivity index (χ4n) is 3.53. The van der Waals surface area contributed by atoms with Crippen LogP contribution in [0.5, 0.6) is 0 Å². The van der Waals surface area contributed by atoms with Crippen LogP contribution in [-0.2, 0) is 22.5 Å². The van der Waals surface area contributed by atoms with Crippen LogP contribution in [0.1, 0.15) is 47.8 Å². The predicted molar refractivity (Wildman–Crippen MR) is 96.6 cm³/mol. The van der Waals surface area contributed by atoms with Crippen LogP contribution in [0.2, 0.25) is 0 Å². The molecule has 7 heteroatoms. The third kappa shape index (κ3) is 3.67. The summed E-state index contributed by atoms with van der Waals surface area (Å²) in [5.41, 5.74) is 3.78. The first-order valence-electron chi connectivity index (χ1n) is 8.77. The lowest BCUT2D eigenvalue weighted by Gasteiger charge is -2.17. The number of nitrogens with one attached hydrogen (secondary N) is 2. The van der Waals surface area contributed by atoms with Crippen molar-refractivity contribution < 1.29 is 9.53 Å². The molecule has 2 N–H and O–H groups in total. The molecule has 0 spiro atoms. The molecule has 1 aromatic carbocycles. The van der Waals surface area contributed by atoms with Gasteiger partial charge in [0.05, 0.1) is 6.04 Å². The van der Waals surface area contributed by atoms with E-state index >= 15 is 0 Å². The molecule has 132 valence electrons. The Labute approximate surface area is 151 Å². The van der Waals surface area contributed by atoms with Gasteiger partial charge < -0.3 is 15.4 Å². The average molecular weight is 358 g/mol. The van der Waals surface area contributed by atoms with Crippen molar-refractivity contribution in [2.75, 3.05) is 11.9 Å². The average Bonchev–Trinajstić information content (AvgIpc) is 3.34. The van der Waals surface area contributed by atoms with Crippen LogP contribution in [0.4, 0.5) is 5.13 Å². The number of fused-ring (bicyclic) bond motifs is 1. The van der Waals surface area contributed by atoms with E-state index in [4.69, 9.17) is 4.74 Å². The summed E-state index contributed by atoms with van der Waals surface area (Å²) in [5.74, 6) is 0.832. The van der Waals surface area contributed by atoms with Crippen molar-refractivity contribution >= 4 is 22.6 Å². The molecule has 0 saturated carbocycles. The maximum atomic E-state index is 12.3. The number of aromatic nitrogens is 2. The Hall–Kier alpha value is -1.99. The monoisotopic (exact) mass is 358 g/mol. The van der Waals surface area contributed by atoms with Gasteiger partial charge in [0.25, 0.3) is 0 Å². The Bertz CT molecular complexity index is 770. The highest BCUT2D eigenvalue weighted by atomic mass is 32.1. The van der Waals surface area contributed by atoms with Crippen molar-refractivity contribution in [1.29, 1.82) is 0 Å².